The highest BCUT2D eigenvalue weighted by Crippen LogP contribution is 2.42. The third-order valence-electron chi connectivity index (χ3n) is 5.60. The summed E-state index contributed by atoms with van der Waals surface area (Å²) >= 11 is 0. The van der Waals surface area contributed by atoms with E-state index in [9.17, 15) is 9.90 Å². The van der Waals surface area contributed by atoms with Gasteiger partial charge in [0.05, 0.1) is 23.9 Å². The molecule has 6 heteroatoms. The molecule has 0 saturated heterocycles. The molecule has 154 valence electrons. The van der Waals surface area contributed by atoms with E-state index in [0.29, 0.717) is 12.1 Å². The van der Waals surface area contributed by atoms with Crippen molar-refractivity contribution < 1.29 is 14.6 Å². The Bertz CT molecular complexity index is 1240. The predicted octanol–water partition coefficient (Wildman–Crippen LogP) is 4.68. The number of aryl methyl sites for hydroxylation is 2. The largest absolute Gasteiger partial charge is 0.496 e. The first-order chi connectivity index (χ1) is 14.6. The van der Waals surface area contributed by atoms with Crippen molar-refractivity contribution in [3.63, 3.8) is 0 Å². The Balaban J connectivity index is 2.10. The Morgan fingerprint density at radius 3 is 2.77 bits per heavy atom. The summed E-state index contributed by atoms with van der Waals surface area (Å²) in [5.74, 6) is -0.214. The number of nitrogens with zero attached hydrogens (tertiary/aromatic N) is 1. The van der Waals surface area contributed by atoms with Gasteiger partial charge in [-0.05, 0) is 68.1 Å². The molecule has 30 heavy (non-hydrogen) atoms. The van der Waals surface area contributed by atoms with Crippen molar-refractivity contribution in [2.24, 2.45) is 5.73 Å². The second kappa shape index (κ2) is 8.16. The zero-order chi connectivity index (χ0) is 21.3. The Kier molecular flexibility index (Phi) is 5.42. The lowest BCUT2D eigenvalue weighted by Crippen LogP contribution is -2.02. The number of fused-ring (bicyclic) bond motifs is 2. The zero-order valence-corrected chi connectivity index (χ0v) is 17.2. The van der Waals surface area contributed by atoms with Gasteiger partial charge in [0.2, 0.25) is 0 Å². The van der Waals surface area contributed by atoms with Gasteiger partial charge in [-0.3, -0.25) is 4.98 Å². The van der Waals surface area contributed by atoms with Gasteiger partial charge in [-0.2, -0.15) is 0 Å². The molecule has 2 aromatic heterocycles. The molecular formula is C24H25N3O3. The van der Waals surface area contributed by atoms with Crippen molar-refractivity contribution in [1.29, 1.82) is 0 Å². The maximum absolute atomic E-state index is 12.0. The van der Waals surface area contributed by atoms with Gasteiger partial charge in [0.1, 0.15) is 5.75 Å². The van der Waals surface area contributed by atoms with E-state index in [2.05, 4.69) is 9.97 Å². The number of aromatic amines is 1. The number of carboxylic acid groups (broad SMARTS) is 1. The number of carbonyl (C=O) groups is 1. The number of aromatic nitrogens is 2. The van der Waals surface area contributed by atoms with Gasteiger partial charge in [0.15, 0.2) is 0 Å². The van der Waals surface area contributed by atoms with Crippen molar-refractivity contribution >= 4 is 27.8 Å². The smallest absolute Gasteiger partial charge is 0.336 e. The van der Waals surface area contributed by atoms with Crippen molar-refractivity contribution in [3.05, 3.63) is 59.3 Å². The van der Waals surface area contributed by atoms with Crippen LogP contribution in [0.15, 0.2) is 42.6 Å². The van der Waals surface area contributed by atoms with E-state index >= 15 is 0 Å². The number of aromatic carboxylic acids is 1. The molecule has 0 unspecified atom stereocenters. The first-order valence-corrected chi connectivity index (χ1v) is 10.1. The molecule has 0 fully saturated rings. The van der Waals surface area contributed by atoms with Gasteiger partial charge in [-0.25, -0.2) is 4.79 Å². The molecule has 0 aliphatic carbocycles. The van der Waals surface area contributed by atoms with E-state index in [0.717, 1.165) is 69.2 Å². The highest BCUT2D eigenvalue weighted by molar-refractivity contribution is 6.09. The molecule has 6 nitrogen and oxygen atoms in total. The monoisotopic (exact) mass is 403 g/mol. The summed E-state index contributed by atoms with van der Waals surface area (Å²) in [6.07, 6.45) is 4.22. The first-order valence-electron chi connectivity index (χ1n) is 10.1. The highest BCUT2D eigenvalue weighted by atomic mass is 16.5. The number of carboxylic acids is 1. The summed E-state index contributed by atoms with van der Waals surface area (Å²) in [5.41, 5.74) is 11.5. The van der Waals surface area contributed by atoms with Crippen molar-refractivity contribution in [2.45, 2.75) is 26.2 Å². The SMILES string of the molecule is COc1ccc2ncccc2c1-c1[nH]c2c(C)ccc(C(=O)O)c2c1CCCCN. The normalized spacial score (nSPS) is 11.3. The molecule has 4 aromatic rings. The number of ether oxygens (including phenoxy) is 1. The van der Waals surface area contributed by atoms with Crippen molar-refractivity contribution in [3.8, 4) is 17.0 Å². The van der Waals surface area contributed by atoms with Crippen LogP contribution >= 0.6 is 0 Å². The molecule has 0 aliphatic rings. The van der Waals surface area contributed by atoms with Gasteiger partial charge in [0, 0.05) is 28.0 Å². The van der Waals surface area contributed by atoms with E-state index in [1.165, 1.54) is 0 Å². The molecule has 0 bridgehead atoms. The highest BCUT2D eigenvalue weighted by Gasteiger charge is 2.23. The number of methoxy groups -OCH3 is 1. The number of unbranched alkanes of at least 4 members (excludes halogenated alkanes) is 1. The van der Waals surface area contributed by atoms with Crippen LogP contribution in [0.5, 0.6) is 5.75 Å². The molecule has 0 radical (unpaired) electrons. The maximum Gasteiger partial charge on any atom is 0.336 e. The summed E-state index contributed by atoms with van der Waals surface area (Å²) in [4.78, 5) is 20.0. The maximum atomic E-state index is 12.0. The van der Waals surface area contributed by atoms with Gasteiger partial charge in [-0.15, -0.1) is 0 Å². The number of H-pyrrole nitrogens is 1. The molecule has 2 heterocycles. The minimum absolute atomic E-state index is 0.304. The summed E-state index contributed by atoms with van der Waals surface area (Å²) < 4.78 is 5.71. The molecule has 0 spiro atoms. The Labute approximate surface area is 174 Å². The fourth-order valence-electron chi connectivity index (χ4n) is 4.15. The van der Waals surface area contributed by atoms with Crippen LogP contribution in [0.1, 0.15) is 34.3 Å². The number of hydrogen-bond acceptors (Lipinski definition) is 4. The first kappa shape index (κ1) is 19.9. The number of pyridine rings is 1. The molecule has 0 aliphatic heterocycles. The van der Waals surface area contributed by atoms with Crippen LogP contribution in [0.3, 0.4) is 0 Å². The number of nitrogens with two attached hydrogens (primary N) is 1. The van der Waals surface area contributed by atoms with Crippen LogP contribution in [0.25, 0.3) is 33.1 Å². The number of nitrogens with one attached hydrogen (secondary N) is 1. The number of rotatable bonds is 7. The lowest BCUT2D eigenvalue weighted by atomic mass is 9.94. The van der Waals surface area contributed by atoms with Crippen LogP contribution in [0, 0.1) is 6.92 Å². The van der Waals surface area contributed by atoms with Crippen LogP contribution < -0.4 is 10.5 Å². The quantitative estimate of drug-likeness (QED) is 0.389. The Hall–Kier alpha value is -3.38. The summed E-state index contributed by atoms with van der Waals surface area (Å²) in [7, 11) is 1.64. The molecule has 0 saturated carbocycles. The fourth-order valence-corrected chi connectivity index (χ4v) is 4.15. The molecule has 0 atom stereocenters. The van der Waals surface area contributed by atoms with Crippen LogP contribution in [-0.4, -0.2) is 34.7 Å². The summed E-state index contributed by atoms with van der Waals surface area (Å²) in [5, 5.41) is 11.6. The van der Waals surface area contributed by atoms with Gasteiger partial charge in [0.25, 0.3) is 0 Å². The third-order valence-corrected chi connectivity index (χ3v) is 5.60. The Morgan fingerprint density at radius 1 is 1.20 bits per heavy atom. The van der Waals surface area contributed by atoms with E-state index in [1.54, 1.807) is 19.4 Å². The van der Waals surface area contributed by atoms with Gasteiger partial charge >= 0.3 is 5.97 Å². The molecule has 4 rings (SSSR count). The molecule has 2 aromatic carbocycles. The second-order valence-electron chi connectivity index (χ2n) is 7.42. The number of hydrogen-bond donors (Lipinski definition) is 3. The van der Waals surface area contributed by atoms with E-state index in [-0.39, 0.29) is 0 Å². The summed E-state index contributed by atoms with van der Waals surface area (Å²) in [6.45, 7) is 2.59. The summed E-state index contributed by atoms with van der Waals surface area (Å²) in [6, 6.07) is 11.3. The second-order valence-corrected chi connectivity index (χ2v) is 7.42. The van der Waals surface area contributed by atoms with Crippen LogP contribution in [0.2, 0.25) is 0 Å². The van der Waals surface area contributed by atoms with E-state index in [1.807, 2.05) is 37.3 Å². The van der Waals surface area contributed by atoms with Gasteiger partial charge < -0.3 is 20.6 Å². The molecule has 0 amide bonds. The van der Waals surface area contributed by atoms with Crippen molar-refractivity contribution in [1.82, 2.24) is 9.97 Å². The lowest BCUT2D eigenvalue weighted by Gasteiger charge is -2.13. The van der Waals surface area contributed by atoms with Gasteiger partial charge in [-0.1, -0.05) is 12.1 Å². The minimum atomic E-state index is -0.933. The van der Waals surface area contributed by atoms with E-state index < -0.39 is 5.97 Å². The van der Waals surface area contributed by atoms with Crippen LogP contribution in [0.4, 0.5) is 0 Å². The average molecular weight is 403 g/mol. The minimum Gasteiger partial charge on any atom is -0.496 e. The average Bonchev–Trinajstić information content (AvgIpc) is 3.13. The molecular weight excluding hydrogens is 378 g/mol. The fraction of sp³-hybridized carbons (Fsp3) is 0.250. The topological polar surface area (TPSA) is 101 Å². The zero-order valence-electron chi connectivity index (χ0n) is 17.2. The van der Waals surface area contributed by atoms with E-state index in [4.69, 9.17) is 10.5 Å². The molecule has 4 N–H and O–H groups in total. The lowest BCUT2D eigenvalue weighted by molar-refractivity contribution is 0.0699. The number of benzene rings is 2. The Morgan fingerprint density at radius 2 is 2.03 bits per heavy atom. The van der Waals surface area contributed by atoms with Crippen molar-refractivity contribution in [2.75, 3.05) is 13.7 Å². The van der Waals surface area contributed by atoms with Crippen LogP contribution in [-0.2, 0) is 6.42 Å². The standard InChI is InChI=1S/C24H25N3O3/c1-14-8-9-17(24(28)29)20-16(6-3-4-12-25)23(27-22(14)20)21-15-7-5-13-26-18(15)10-11-19(21)30-2/h5,7-11,13,27H,3-4,6,12,25H2,1-2H3,(H,28,29). The predicted molar refractivity (Wildman–Crippen MR) is 119 cm³/mol. The third kappa shape index (κ3) is 3.29.